The van der Waals surface area contributed by atoms with Crippen LogP contribution >= 0.6 is 0 Å². The van der Waals surface area contributed by atoms with Crippen molar-refractivity contribution in [3.63, 3.8) is 0 Å². The van der Waals surface area contributed by atoms with E-state index < -0.39 is 16.1 Å². The number of hydrogen-bond acceptors (Lipinski definition) is 4. The summed E-state index contributed by atoms with van der Waals surface area (Å²) in [5.74, 6) is -0.367. The number of nitrogens with one attached hydrogen (secondary N) is 2. The smallest absolute Gasteiger partial charge is 0.241 e. The van der Waals surface area contributed by atoms with Gasteiger partial charge in [-0.1, -0.05) is 18.2 Å². The quantitative estimate of drug-likeness (QED) is 0.705. The second kappa shape index (κ2) is 6.83. The fraction of sp³-hybridized carbons (Fsp3) is 0.462. The normalized spacial score (nSPS) is 13.2. The standard InChI is InChI=1S/C13H21N3O3S/c1-9(2)15-13(17)10(3)16-20(18,19)12-7-5-4-6-11(12)8-14/h4-7,9-10,16H,8,14H2,1-3H3,(H,15,17). The zero-order valence-corrected chi connectivity index (χ0v) is 12.7. The van der Waals surface area contributed by atoms with Gasteiger partial charge in [0.2, 0.25) is 15.9 Å². The Morgan fingerprint density at radius 2 is 1.85 bits per heavy atom. The Hall–Kier alpha value is -1.44. The van der Waals surface area contributed by atoms with Gasteiger partial charge in [-0.05, 0) is 32.4 Å². The Morgan fingerprint density at radius 1 is 1.25 bits per heavy atom. The number of sulfonamides is 1. The van der Waals surface area contributed by atoms with Crippen molar-refractivity contribution in [2.45, 2.75) is 44.3 Å². The van der Waals surface area contributed by atoms with Gasteiger partial charge in [0, 0.05) is 12.6 Å². The summed E-state index contributed by atoms with van der Waals surface area (Å²) in [6, 6.07) is 5.55. The zero-order valence-electron chi connectivity index (χ0n) is 11.9. The van der Waals surface area contributed by atoms with E-state index in [1.807, 2.05) is 13.8 Å². The molecule has 0 saturated heterocycles. The van der Waals surface area contributed by atoms with Crippen LogP contribution < -0.4 is 15.8 Å². The van der Waals surface area contributed by atoms with Crippen molar-refractivity contribution in [2.24, 2.45) is 5.73 Å². The van der Waals surface area contributed by atoms with E-state index in [2.05, 4.69) is 10.0 Å². The van der Waals surface area contributed by atoms with Gasteiger partial charge in [0.1, 0.15) is 0 Å². The molecule has 1 aromatic rings. The van der Waals surface area contributed by atoms with Crippen LogP contribution in [0.15, 0.2) is 29.2 Å². The molecule has 0 spiro atoms. The van der Waals surface area contributed by atoms with Gasteiger partial charge in [0.25, 0.3) is 0 Å². The molecule has 1 amide bonds. The lowest BCUT2D eigenvalue weighted by Gasteiger charge is -2.17. The molecule has 0 aliphatic carbocycles. The molecule has 0 bridgehead atoms. The summed E-state index contributed by atoms with van der Waals surface area (Å²) >= 11 is 0. The maximum atomic E-state index is 12.3. The predicted molar refractivity (Wildman–Crippen MR) is 77.4 cm³/mol. The molecule has 0 fully saturated rings. The second-order valence-electron chi connectivity index (χ2n) is 4.82. The fourth-order valence-electron chi connectivity index (χ4n) is 1.69. The molecule has 1 aromatic carbocycles. The molecule has 0 aromatic heterocycles. The molecule has 1 rings (SSSR count). The summed E-state index contributed by atoms with van der Waals surface area (Å²) in [6.45, 7) is 5.23. The van der Waals surface area contributed by atoms with Crippen LogP contribution in [0.5, 0.6) is 0 Å². The van der Waals surface area contributed by atoms with E-state index in [0.717, 1.165) is 0 Å². The molecule has 0 radical (unpaired) electrons. The molecule has 7 heteroatoms. The average molecular weight is 299 g/mol. The first kappa shape index (κ1) is 16.6. The lowest BCUT2D eigenvalue weighted by atomic mass is 10.2. The van der Waals surface area contributed by atoms with Crippen molar-refractivity contribution in [1.29, 1.82) is 0 Å². The van der Waals surface area contributed by atoms with Crippen LogP contribution in [0.2, 0.25) is 0 Å². The van der Waals surface area contributed by atoms with Gasteiger partial charge in [0.15, 0.2) is 0 Å². The summed E-state index contributed by atoms with van der Waals surface area (Å²) in [5.41, 5.74) is 6.04. The molecule has 6 nitrogen and oxygen atoms in total. The van der Waals surface area contributed by atoms with Gasteiger partial charge < -0.3 is 11.1 Å². The highest BCUT2D eigenvalue weighted by atomic mass is 32.2. The molecule has 4 N–H and O–H groups in total. The van der Waals surface area contributed by atoms with Crippen molar-refractivity contribution in [3.8, 4) is 0 Å². The first-order chi connectivity index (χ1) is 9.27. The summed E-state index contributed by atoms with van der Waals surface area (Å²) < 4.78 is 26.9. The zero-order chi connectivity index (χ0) is 15.3. The fourth-order valence-corrected chi connectivity index (χ4v) is 3.15. The SMILES string of the molecule is CC(C)NC(=O)C(C)NS(=O)(=O)c1ccccc1CN. The van der Waals surface area contributed by atoms with E-state index in [0.29, 0.717) is 5.56 Å². The highest BCUT2D eigenvalue weighted by molar-refractivity contribution is 7.89. The molecule has 1 atom stereocenters. The van der Waals surface area contributed by atoms with Crippen LogP contribution in [0.1, 0.15) is 26.3 Å². The Bertz CT molecular complexity index is 570. The number of nitrogens with two attached hydrogens (primary N) is 1. The highest BCUT2D eigenvalue weighted by Gasteiger charge is 2.23. The van der Waals surface area contributed by atoms with Crippen LogP contribution in [-0.2, 0) is 21.4 Å². The second-order valence-corrected chi connectivity index (χ2v) is 6.50. The summed E-state index contributed by atoms with van der Waals surface area (Å²) in [6.07, 6.45) is 0. The molecular formula is C13H21N3O3S. The van der Waals surface area contributed by atoms with Crippen molar-refractivity contribution < 1.29 is 13.2 Å². The van der Waals surface area contributed by atoms with Crippen LogP contribution in [0, 0.1) is 0 Å². The molecule has 0 aliphatic rings. The van der Waals surface area contributed by atoms with E-state index in [1.54, 1.807) is 18.2 Å². The lowest BCUT2D eigenvalue weighted by molar-refractivity contribution is -0.122. The Kier molecular flexibility index (Phi) is 5.67. The largest absolute Gasteiger partial charge is 0.353 e. The van der Waals surface area contributed by atoms with E-state index in [9.17, 15) is 13.2 Å². The number of benzene rings is 1. The molecule has 20 heavy (non-hydrogen) atoms. The molecule has 112 valence electrons. The third-order valence-corrected chi connectivity index (χ3v) is 4.28. The van der Waals surface area contributed by atoms with Crippen LogP contribution in [0.25, 0.3) is 0 Å². The number of amides is 1. The number of carbonyl (C=O) groups excluding carboxylic acids is 1. The van der Waals surface area contributed by atoms with E-state index in [1.165, 1.54) is 13.0 Å². The van der Waals surface area contributed by atoms with Crippen molar-refractivity contribution in [2.75, 3.05) is 0 Å². The third kappa shape index (κ3) is 4.29. The Morgan fingerprint density at radius 3 is 2.40 bits per heavy atom. The molecular weight excluding hydrogens is 278 g/mol. The van der Waals surface area contributed by atoms with Gasteiger partial charge in [0.05, 0.1) is 10.9 Å². The van der Waals surface area contributed by atoms with E-state index in [4.69, 9.17) is 5.73 Å². The predicted octanol–water partition coefficient (Wildman–Crippen LogP) is 0.337. The minimum atomic E-state index is -3.77. The topological polar surface area (TPSA) is 101 Å². The average Bonchev–Trinajstić information content (AvgIpc) is 2.37. The highest BCUT2D eigenvalue weighted by Crippen LogP contribution is 2.15. The van der Waals surface area contributed by atoms with Gasteiger partial charge in [-0.3, -0.25) is 4.79 Å². The number of hydrogen-bond donors (Lipinski definition) is 3. The van der Waals surface area contributed by atoms with Gasteiger partial charge >= 0.3 is 0 Å². The summed E-state index contributed by atoms with van der Waals surface area (Å²) in [5, 5.41) is 2.65. The minimum absolute atomic E-state index is 0.0502. The van der Waals surface area contributed by atoms with E-state index >= 15 is 0 Å². The van der Waals surface area contributed by atoms with Crippen molar-refractivity contribution in [3.05, 3.63) is 29.8 Å². The lowest BCUT2D eigenvalue weighted by Crippen LogP contribution is -2.46. The monoisotopic (exact) mass is 299 g/mol. The van der Waals surface area contributed by atoms with E-state index in [-0.39, 0.29) is 23.4 Å². The maximum Gasteiger partial charge on any atom is 0.241 e. The molecule has 0 saturated carbocycles. The third-order valence-electron chi connectivity index (χ3n) is 2.64. The molecule has 1 unspecified atom stereocenters. The first-order valence-electron chi connectivity index (χ1n) is 6.38. The number of rotatable bonds is 6. The molecule has 0 heterocycles. The van der Waals surface area contributed by atoms with Crippen molar-refractivity contribution >= 4 is 15.9 Å². The summed E-state index contributed by atoms with van der Waals surface area (Å²) in [4.78, 5) is 11.9. The van der Waals surface area contributed by atoms with Crippen molar-refractivity contribution in [1.82, 2.24) is 10.0 Å². The van der Waals surface area contributed by atoms with Crippen LogP contribution in [0.4, 0.5) is 0 Å². The van der Waals surface area contributed by atoms with Gasteiger partial charge in [-0.25, -0.2) is 8.42 Å². The van der Waals surface area contributed by atoms with Crippen LogP contribution in [-0.4, -0.2) is 26.4 Å². The maximum absolute atomic E-state index is 12.3. The number of carbonyl (C=O) groups is 1. The van der Waals surface area contributed by atoms with Crippen LogP contribution in [0.3, 0.4) is 0 Å². The first-order valence-corrected chi connectivity index (χ1v) is 7.87. The van der Waals surface area contributed by atoms with Gasteiger partial charge in [-0.2, -0.15) is 4.72 Å². The molecule has 0 aliphatic heterocycles. The minimum Gasteiger partial charge on any atom is -0.353 e. The Labute approximate surface area is 119 Å². The summed E-state index contributed by atoms with van der Waals surface area (Å²) in [7, 11) is -3.77. The van der Waals surface area contributed by atoms with Gasteiger partial charge in [-0.15, -0.1) is 0 Å². The Balaban J connectivity index is 2.92.